The zero-order valence-electron chi connectivity index (χ0n) is 13.8. The monoisotopic (exact) mass is 348 g/mol. The number of hydrogen-bond acceptors (Lipinski definition) is 4. The molecule has 0 fully saturated rings. The van der Waals surface area contributed by atoms with E-state index in [-0.39, 0.29) is 11.3 Å². The number of ether oxygens (including phenoxy) is 1. The van der Waals surface area contributed by atoms with Gasteiger partial charge in [0.05, 0.1) is 11.1 Å². The first-order valence-corrected chi connectivity index (χ1v) is 7.95. The second-order valence-electron chi connectivity index (χ2n) is 5.68. The molecule has 3 rings (SSSR count). The number of aromatic carboxylic acids is 1. The van der Waals surface area contributed by atoms with E-state index in [1.807, 2.05) is 0 Å². The van der Waals surface area contributed by atoms with Gasteiger partial charge >= 0.3 is 11.9 Å². The molecule has 26 heavy (non-hydrogen) atoms. The molecule has 0 bridgehead atoms. The Kier molecular flexibility index (Phi) is 4.99. The van der Waals surface area contributed by atoms with Gasteiger partial charge in [0.15, 0.2) is 0 Å². The highest BCUT2D eigenvalue weighted by Crippen LogP contribution is 2.24. The van der Waals surface area contributed by atoms with Crippen LogP contribution in [0.5, 0.6) is 11.5 Å². The van der Waals surface area contributed by atoms with E-state index in [9.17, 15) is 19.8 Å². The number of carbonyl (C=O) groups excluding carboxylic acids is 1. The van der Waals surface area contributed by atoms with Crippen molar-refractivity contribution in [3.63, 3.8) is 0 Å². The minimum atomic E-state index is -1.00. The van der Waals surface area contributed by atoms with E-state index in [0.717, 1.165) is 0 Å². The van der Waals surface area contributed by atoms with Crippen molar-refractivity contribution in [3.05, 3.63) is 95.1 Å². The average molecular weight is 348 g/mol. The third-order valence-corrected chi connectivity index (χ3v) is 3.91. The van der Waals surface area contributed by atoms with Gasteiger partial charge in [-0.1, -0.05) is 36.4 Å². The molecule has 3 aromatic carbocycles. The maximum atomic E-state index is 12.3. The zero-order valence-corrected chi connectivity index (χ0v) is 13.8. The Morgan fingerprint density at radius 3 is 2.12 bits per heavy atom. The molecule has 130 valence electrons. The fourth-order valence-electron chi connectivity index (χ4n) is 2.59. The highest BCUT2D eigenvalue weighted by Gasteiger charge is 2.14. The SMILES string of the molecule is O=C(Oc1ccccc1Cc1ccccc1C(=O)O)c1ccc(O)cc1. The van der Waals surface area contributed by atoms with Crippen molar-refractivity contribution in [2.24, 2.45) is 0 Å². The van der Waals surface area contributed by atoms with Crippen LogP contribution in [0.25, 0.3) is 0 Å². The van der Waals surface area contributed by atoms with E-state index in [4.69, 9.17) is 4.74 Å². The third-order valence-electron chi connectivity index (χ3n) is 3.91. The van der Waals surface area contributed by atoms with Gasteiger partial charge in [-0.05, 0) is 47.5 Å². The normalized spacial score (nSPS) is 10.3. The fourth-order valence-corrected chi connectivity index (χ4v) is 2.59. The molecule has 3 aromatic rings. The van der Waals surface area contributed by atoms with Gasteiger partial charge in [0, 0.05) is 6.42 Å². The number of esters is 1. The van der Waals surface area contributed by atoms with Crippen LogP contribution in [0.3, 0.4) is 0 Å². The summed E-state index contributed by atoms with van der Waals surface area (Å²) in [6.45, 7) is 0. The number of rotatable bonds is 5. The quantitative estimate of drug-likeness (QED) is 0.540. The Morgan fingerprint density at radius 2 is 1.42 bits per heavy atom. The Balaban J connectivity index is 1.86. The molecular weight excluding hydrogens is 332 g/mol. The number of phenolic OH excluding ortho intramolecular Hbond substituents is 1. The number of phenols is 1. The van der Waals surface area contributed by atoms with Gasteiger partial charge in [-0.15, -0.1) is 0 Å². The summed E-state index contributed by atoms with van der Waals surface area (Å²) >= 11 is 0. The first kappa shape index (κ1) is 17.2. The molecule has 0 saturated heterocycles. The summed E-state index contributed by atoms with van der Waals surface area (Å²) in [6, 6.07) is 19.5. The van der Waals surface area contributed by atoms with E-state index in [1.54, 1.807) is 48.5 Å². The molecule has 0 aliphatic carbocycles. The maximum absolute atomic E-state index is 12.3. The lowest BCUT2D eigenvalue weighted by atomic mass is 9.99. The molecule has 0 saturated carbocycles. The second-order valence-corrected chi connectivity index (χ2v) is 5.68. The van der Waals surface area contributed by atoms with Gasteiger partial charge in [-0.2, -0.15) is 0 Å². The zero-order chi connectivity index (χ0) is 18.5. The summed E-state index contributed by atoms with van der Waals surface area (Å²) in [6.07, 6.45) is 0.321. The minimum Gasteiger partial charge on any atom is -0.508 e. The van der Waals surface area contributed by atoms with E-state index in [1.165, 1.54) is 24.3 Å². The number of carbonyl (C=O) groups is 2. The molecule has 5 nitrogen and oxygen atoms in total. The van der Waals surface area contributed by atoms with Crippen molar-refractivity contribution in [1.29, 1.82) is 0 Å². The summed E-state index contributed by atoms with van der Waals surface area (Å²) in [7, 11) is 0. The van der Waals surface area contributed by atoms with Crippen LogP contribution in [0.4, 0.5) is 0 Å². The minimum absolute atomic E-state index is 0.0622. The Hall–Kier alpha value is -3.60. The van der Waals surface area contributed by atoms with Crippen molar-refractivity contribution in [2.75, 3.05) is 0 Å². The van der Waals surface area contributed by atoms with Crippen LogP contribution in [0.2, 0.25) is 0 Å². The topological polar surface area (TPSA) is 83.8 Å². The van der Waals surface area contributed by atoms with Crippen molar-refractivity contribution in [2.45, 2.75) is 6.42 Å². The van der Waals surface area contributed by atoms with Crippen molar-refractivity contribution >= 4 is 11.9 Å². The number of carboxylic acids is 1. The summed E-state index contributed by atoms with van der Waals surface area (Å²) in [5.41, 5.74) is 1.86. The van der Waals surface area contributed by atoms with Gasteiger partial charge in [-0.25, -0.2) is 9.59 Å². The molecule has 0 aliphatic rings. The van der Waals surface area contributed by atoms with Crippen LogP contribution >= 0.6 is 0 Å². The lowest BCUT2D eigenvalue weighted by Gasteiger charge is -2.11. The fraction of sp³-hybridized carbons (Fsp3) is 0.0476. The Morgan fingerprint density at radius 1 is 0.808 bits per heavy atom. The molecule has 0 heterocycles. The van der Waals surface area contributed by atoms with Gasteiger partial charge in [0.2, 0.25) is 0 Å². The highest BCUT2D eigenvalue weighted by molar-refractivity contribution is 5.91. The van der Waals surface area contributed by atoms with E-state index < -0.39 is 11.9 Å². The van der Waals surface area contributed by atoms with Crippen LogP contribution in [0, 0.1) is 0 Å². The van der Waals surface area contributed by atoms with Crippen molar-refractivity contribution in [3.8, 4) is 11.5 Å². The number of para-hydroxylation sites is 1. The summed E-state index contributed by atoms with van der Waals surface area (Å²) in [5.74, 6) is -1.12. The molecule has 0 amide bonds. The third kappa shape index (κ3) is 3.89. The van der Waals surface area contributed by atoms with Gasteiger partial charge in [0.1, 0.15) is 11.5 Å². The first-order chi connectivity index (χ1) is 12.5. The predicted octanol–water partition coefficient (Wildman–Crippen LogP) is 3.90. The van der Waals surface area contributed by atoms with E-state index >= 15 is 0 Å². The van der Waals surface area contributed by atoms with Crippen LogP contribution in [0.1, 0.15) is 31.8 Å². The first-order valence-electron chi connectivity index (χ1n) is 7.95. The lowest BCUT2D eigenvalue weighted by molar-refractivity contribution is 0.0692. The average Bonchev–Trinajstić information content (AvgIpc) is 2.64. The number of carboxylic acid groups (broad SMARTS) is 1. The van der Waals surface area contributed by atoms with Gasteiger partial charge < -0.3 is 14.9 Å². The van der Waals surface area contributed by atoms with Crippen molar-refractivity contribution in [1.82, 2.24) is 0 Å². The smallest absolute Gasteiger partial charge is 0.343 e. The molecule has 5 heteroatoms. The van der Waals surface area contributed by atoms with E-state index in [2.05, 4.69) is 0 Å². The molecule has 0 aromatic heterocycles. The summed E-state index contributed by atoms with van der Waals surface area (Å²) < 4.78 is 5.48. The number of benzene rings is 3. The predicted molar refractivity (Wildman–Crippen MR) is 95.7 cm³/mol. The molecule has 0 radical (unpaired) electrons. The van der Waals surface area contributed by atoms with Crippen LogP contribution < -0.4 is 4.74 Å². The Bertz CT molecular complexity index is 945. The van der Waals surface area contributed by atoms with Crippen LogP contribution in [-0.4, -0.2) is 22.2 Å². The molecular formula is C21H16O5. The molecule has 2 N–H and O–H groups in total. The van der Waals surface area contributed by atoms with Crippen LogP contribution in [0.15, 0.2) is 72.8 Å². The summed E-state index contributed by atoms with van der Waals surface area (Å²) in [5, 5.41) is 18.6. The number of aromatic hydroxyl groups is 1. The number of hydrogen-bond donors (Lipinski definition) is 2. The Labute approximate surface area is 150 Å². The largest absolute Gasteiger partial charge is 0.508 e. The molecule has 0 aliphatic heterocycles. The summed E-state index contributed by atoms with van der Waals surface area (Å²) in [4.78, 5) is 23.7. The van der Waals surface area contributed by atoms with Gasteiger partial charge in [-0.3, -0.25) is 0 Å². The molecule has 0 atom stereocenters. The maximum Gasteiger partial charge on any atom is 0.343 e. The van der Waals surface area contributed by atoms with Crippen molar-refractivity contribution < 1.29 is 24.5 Å². The van der Waals surface area contributed by atoms with Gasteiger partial charge in [0.25, 0.3) is 0 Å². The molecule has 0 unspecified atom stereocenters. The standard InChI is InChI=1S/C21H16O5/c22-17-11-9-14(10-12-17)21(25)26-19-8-4-2-6-16(19)13-15-5-1-3-7-18(15)20(23)24/h1-12,22H,13H2,(H,23,24). The molecule has 0 spiro atoms. The highest BCUT2D eigenvalue weighted by atomic mass is 16.5. The lowest BCUT2D eigenvalue weighted by Crippen LogP contribution is -2.10. The van der Waals surface area contributed by atoms with Crippen LogP contribution in [-0.2, 0) is 6.42 Å². The second kappa shape index (κ2) is 7.53. The van der Waals surface area contributed by atoms with E-state index in [0.29, 0.717) is 28.9 Å².